The van der Waals surface area contributed by atoms with Gasteiger partial charge in [-0.3, -0.25) is 4.31 Å². The molecule has 0 spiro atoms. The molecule has 0 N–H and O–H groups in total. The largest absolute Gasteiger partial charge is 0.494 e. The maximum Gasteiger partial charge on any atom is 0.265 e. The predicted octanol–water partition coefficient (Wildman–Crippen LogP) is 5.07. The number of hydrogen-bond acceptors (Lipinski definition) is 5. The quantitative estimate of drug-likeness (QED) is 0.450. The molecule has 0 saturated carbocycles. The van der Waals surface area contributed by atoms with E-state index in [1.165, 1.54) is 15.6 Å². The van der Waals surface area contributed by atoms with Crippen LogP contribution in [0.3, 0.4) is 0 Å². The molecule has 1 aliphatic rings. The molecular weight excluding hydrogens is 404 g/mol. The SMILES string of the molecule is CCOc1ccc(-c2nc(CN3c4cccc5cccc(c45)S3(=O)=O)cs2)cc1. The van der Waals surface area contributed by atoms with E-state index in [0.717, 1.165) is 32.8 Å². The summed E-state index contributed by atoms with van der Waals surface area (Å²) >= 11 is 1.51. The Morgan fingerprint density at radius 2 is 1.79 bits per heavy atom. The molecule has 1 aliphatic heterocycles. The van der Waals surface area contributed by atoms with Gasteiger partial charge in [0.25, 0.3) is 10.0 Å². The highest BCUT2D eigenvalue weighted by Crippen LogP contribution is 2.42. The van der Waals surface area contributed by atoms with Crippen molar-refractivity contribution in [3.8, 4) is 16.3 Å². The van der Waals surface area contributed by atoms with E-state index < -0.39 is 10.0 Å². The second-order valence-corrected chi connectivity index (χ2v) is 9.43. The Kier molecular flexibility index (Phi) is 4.29. The molecule has 0 amide bonds. The molecule has 7 heteroatoms. The lowest BCUT2D eigenvalue weighted by atomic mass is 10.1. The number of rotatable bonds is 5. The highest BCUT2D eigenvalue weighted by atomic mass is 32.2. The van der Waals surface area contributed by atoms with Crippen molar-refractivity contribution in [2.75, 3.05) is 10.9 Å². The van der Waals surface area contributed by atoms with Crippen LogP contribution >= 0.6 is 11.3 Å². The van der Waals surface area contributed by atoms with Crippen molar-refractivity contribution >= 4 is 37.8 Å². The van der Waals surface area contributed by atoms with Crippen LogP contribution in [0.5, 0.6) is 5.75 Å². The molecule has 0 aliphatic carbocycles. The number of nitrogens with zero attached hydrogens (tertiary/aromatic N) is 2. The van der Waals surface area contributed by atoms with Gasteiger partial charge in [-0.1, -0.05) is 24.3 Å². The van der Waals surface area contributed by atoms with Gasteiger partial charge in [0.05, 0.1) is 29.4 Å². The maximum absolute atomic E-state index is 13.1. The van der Waals surface area contributed by atoms with E-state index in [0.29, 0.717) is 17.2 Å². The second-order valence-electron chi connectivity index (χ2n) is 6.74. The molecule has 0 unspecified atom stereocenters. The smallest absolute Gasteiger partial charge is 0.265 e. The van der Waals surface area contributed by atoms with Crippen LogP contribution in [0.4, 0.5) is 5.69 Å². The minimum absolute atomic E-state index is 0.212. The minimum Gasteiger partial charge on any atom is -0.494 e. The molecule has 5 nitrogen and oxygen atoms in total. The average molecular weight is 423 g/mol. The highest BCUT2D eigenvalue weighted by molar-refractivity contribution is 7.93. The summed E-state index contributed by atoms with van der Waals surface area (Å²) in [6.45, 7) is 2.79. The van der Waals surface area contributed by atoms with Gasteiger partial charge < -0.3 is 4.74 Å². The monoisotopic (exact) mass is 422 g/mol. The maximum atomic E-state index is 13.1. The Morgan fingerprint density at radius 3 is 2.55 bits per heavy atom. The van der Waals surface area contributed by atoms with Gasteiger partial charge in [-0.05, 0) is 48.7 Å². The first-order valence-corrected chi connectivity index (χ1v) is 11.6. The molecule has 0 radical (unpaired) electrons. The van der Waals surface area contributed by atoms with E-state index in [4.69, 9.17) is 4.74 Å². The highest BCUT2D eigenvalue weighted by Gasteiger charge is 2.35. The Balaban J connectivity index is 1.47. The minimum atomic E-state index is -3.58. The van der Waals surface area contributed by atoms with Gasteiger partial charge in [-0.25, -0.2) is 13.4 Å². The molecular formula is C22H18N2O3S2. The van der Waals surface area contributed by atoms with Gasteiger partial charge >= 0.3 is 0 Å². The van der Waals surface area contributed by atoms with Gasteiger partial charge in [0.15, 0.2) is 0 Å². The van der Waals surface area contributed by atoms with E-state index in [1.807, 2.05) is 60.8 Å². The Bertz CT molecular complexity index is 1310. The van der Waals surface area contributed by atoms with Crippen molar-refractivity contribution in [1.82, 2.24) is 4.98 Å². The molecule has 0 saturated heterocycles. The summed E-state index contributed by atoms with van der Waals surface area (Å²) in [6, 6.07) is 18.9. The molecule has 0 fully saturated rings. The first kappa shape index (κ1) is 18.1. The third-order valence-electron chi connectivity index (χ3n) is 4.95. The summed E-state index contributed by atoms with van der Waals surface area (Å²) in [5.41, 5.74) is 2.43. The van der Waals surface area contributed by atoms with Crippen molar-refractivity contribution in [2.24, 2.45) is 0 Å². The molecule has 3 aromatic carbocycles. The first-order valence-electron chi connectivity index (χ1n) is 9.30. The Hall–Kier alpha value is -2.90. The van der Waals surface area contributed by atoms with Crippen LogP contribution in [0.2, 0.25) is 0 Å². The van der Waals surface area contributed by atoms with Crippen LogP contribution in [-0.4, -0.2) is 20.0 Å². The molecule has 146 valence electrons. The number of aromatic nitrogens is 1. The van der Waals surface area contributed by atoms with Gasteiger partial charge in [0.1, 0.15) is 10.8 Å². The standard InChI is InChI=1S/C22H18N2O3S2/c1-2-27-18-11-9-16(10-12-18)22-23-17(14-28-22)13-24-19-7-3-5-15-6-4-8-20(21(15)19)29(24,25)26/h3-12,14H,2,13H2,1H3. The second kappa shape index (κ2) is 6.86. The first-order chi connectivity index (χ1) is 14.1. The van der Waals surface area contributed by atoms with Crippen LogP contribution < -0.4 is 9.04 Å². The van der Waals surface area contributed by atoms with Gasteiger partial charge in [0, 0.05) is 16.3 Å². The third-order valence-corrected chi connectivity index (χ3v) is 7.69. The number of anilines is 1. The number of ether oxygens (including phenoxy) is 1. The van der Waals surface area contributed by atoms with Crippen LogP contribution in [0.15, 0.2) is 70.9 Å². The normalized spacial score (nSPS) is 14.4. The molecule has 0 atom stereocenters. The lowest BCUT2D eigenvalue weighted by Crippen LogP contribution is -2.26. The molecule has 29 heavy (non-hydrogen) atoms. The van der Waals surface area contributed by atoms with Crippen molar-refractivity contribution in [2.45, 2.75) is 18.4 Å². The van der Waals surface area contributed by atoms with Crippen LogP contribution in [0, 0.1) is 0 Å². The van der Waals surface area contributed by atoms with Crippen molar-refractivity contribution in [1.29, 1.82) is 0 Å². The zero-order valence-electron chi connectivity index (χ0n) is 15.7. The fourth-order valence-electron chi connectivity index (χ4n) is 3.65. The number of thiazole rings is 1. The van der Waals surface area contributed by atoms with Crippen LogP contribution in [0.25, 0.3) is 21.3 Å². The fourth-order valence-corrected chi connectivity index (χ4v) is 6.15. The van der Waals surface area contributed by atoms with E-state index >= 15 is 0 Å². The van der Waals surface area contributed by atoms with Crippen LogP contribution in [0.1, 0.15) is 12.6 Å². The Morgan fingerprint density at radius 1 is 1.03 bits per heavy atom. The summed E-state index contributed by atoms with van der Waals surface area (Å²) in [5, 5.41) is 4.50. The number of hydrogen-bond donors (Lipinski definition) is 0. The van der Waals surface area contributed by atoms with Gasteiger partial charge in [-0.15, -0.1) is 11.3 Å². The summed E-state index contributed by atoms with van der Waals surface area (Å²) in [6.07, 6.45) is 0. The lowest BCUT2D eigenvalue weighted by Gasteiger charge is -2.17. The van der Waals surface area contributed by atoms with E-state index in [-0.39, 0.29) is 6.54 Å². The van der Waals surface area contributed by atoms with E-state index in [1.54, 1.807) is 12.1 Å². The summed E-state index contributed by atoms with van der Waals surface area (Å²) in [5.74, 6) is 0.821. The van der Waals surface area contributed by atoms with Crippen LogP contribution in [-0.2, 0) is 16.6 Å². The van der Waals surface area contributed by atoms with E-state index in [2.05, 4.69) is 4.98 Å². The lowest BCUT2D eigenvalue weighted by molar-refractivity contribution is 0.340. The van der Waals surface area contributed by atoms with Gasteiger partial charge in [-0.2, -0.15) is 0 Å². The molecule has 4 aromatic rings. The number of benzene rings is 3. The Labute approximate surface area is 173 Å². The number of sulfonamides is 1. The topological polar surface area (TPSA) is 59.5 Å². The van der Waals surface area contributed by atoms with Crippen molar-refractivity contribution in [3.05, 3.63) is 71.7 Å². The predicted molar refractivity (Wildman–Crippen MR) is 116 cm³/mol. The third kappa shape index (κ3) is 2.97. The van der Waals surface area contributed by atoms with E-state index in [9.17, 15) is 8.42 Å². The zero-order chi connectivity index (χ0) is 20.0. The van der Waals surface area contributed by atoms with Crippen molar-refractivity contribution < 1.29 is 13.2 Å². The molecule has 5 rings (SSSR count). The molecule has 1 aromatic heterocycles. The fraction of sp³-hybridized carbons (Fsp3) is 0.136. The summed E-state index contributed by atoms with van der Waals surface area (Å²) < 4.78 is 33.2. The molecule has 0 bridgehead atoms. The average Bonchev–Trinajstić information content (AvgIpc) is 3.28. The summed E-state index contributed by atoms with van der Waals surface area (Å²) in [4.78, 5) is 5.05. The zero-order valence-corrected chi connectivity index (χ0v) is 17.3. The van der Waals surface area contributed by atoms with Gasteiger partial charge in [0.2, 0.25) is 0 Å². The molecule has 2 heterocycles. The van der Waals surface area contributed by atoms with Crippen molar-refractivity contribution in [3.63, 3.8) is 0 Å². The summed E-state index contributed by atoms with van der Waals surface area (Å²) in [7, 11) is -3.58.